The second kappa shape index (κ2) is 5.44. The van der Waals surface area contributed by atoms with Gasteiger partial charge in [-0.15, -0.1) is 0 Å². The highest BCUT2D eigenvalue weighted by Gasteiger charge is 2.31. The minimum absolute atomic E-state index is 0.338. The smallest absolute Gasteiger partial charge is 0.0323 e. The van der Waals surface area contributed by atoms with Crippen LogP contribution < -0.4 is 5.32 Å². The Labute approximate surface area is 112 Å². The summed E-state index contributed by atoms with van der Waals surface area (Å²) in [7, 11) is 0. The van der Waals surface area contributed by atoms with Crippen LogP contribution in [0.2, 0.25) is 0 Å². The minimum atomic E-state index is 0.338. The van der Waals surface area contributed by atoms with Gasteiger partial charge in [0.2, 0.25) is 0 Å². The highest BCUT2D eigenvalue weighted by atomic mass is 14.9. The number of benzene rings is 1. The fourth-order valence-corrected chi connectivity index (χ4v) is 2.91. The molecule has 1 nitrogen and oxygen atoms in total. The van der Waals surface area contributed by atoms with E-state index in [1.54, 1.807) is 0 Å². The average Bonchev–Trinajstić information content (AvgIpc) is 2.38. The van der Waals surface area contributed by atoms with Crippen molar-refractivity contribution >= 4 is 0 Å². The summed E-state index contributed by atoms with van der Waals surface area (Å²) in [4.78, 5) is 0. The predicted octanol–water partition coefficient (Wildman–Crippen LogP) is 4.43. The number of hydrogen-bond acceptors (Lipinski definition) is 1. The fourth-order valence-electron chi connectivity index (χ4n) is 2.91. The number of rotatable bonds is 4. The van der Waals surface area contributed by atoms with Crippen LogP contribution in [0.5, 0.6) is 0 Å². The third-order valence-electron chi connectivity index (χ3n) is 4.53. The van der Waals surface area contributed by atoms with Gasteiger partial charge in [0.25, 0.3) is 0 Å². The quantitative estimate of drug-likeness (QED) is 0.827. The molecular weight excluding hydrogens is 218 g/mol. The molecule has 0 bridgehead atoms. The summed E-state index contributed by atoms with van der Waals surface area (Å²) < 4.78 is 0. The van der Waals surface area contributed by atoms with Gasteiger partial charge in [-0.05, 0) is 41.8 Å². The van der Waals surface area contributed by atoms with E-state index in [4.69, 9.17) is 0 Å². The predicted molar refractivity (Wildman–Crippen MR) is 78.9 cm³/mol. The molecule has 0 saturated heterocycles. The lowest BCUT2D eigenvalue weighted by atomic mass is 9.71. The lowest BCUT2D eigenvalue weighted by Gasteiger charge is -2.37. The van der Waals surface area contributed by atoms with E-state index in [2.05, 4.69) is 57.3 Å². The van der Waals surface area contributed by atoms with E-state index >= 15 is 0 Å². The van der Waals surface area contributed by atoms with E-state index in [-0.39, 0.29) is 0 Å². The average molecular weight is 245 g/mol. The Bertz CT molecular complexity index is 394. The molecule has 2 rings (SSSR count). The Morgan fingerprint density at radius 3 is 2.78 bits per heavy atom. The standard InChI is InChI=1S/C17H27N/c1-5-13(2)12-18-16-10-11-17(3,4)15-9-7-6-8-14(15)16/h6-9,13,16,18H,5,10-12H2,1-4H3. The van der Waals surface area contributed by atoms with Crippen molar-refractivity contribution in [1.29, 1.82) is 0 Å². The first-order chi connectivity index (χ1) is 8.54. The minimum Gasteiger partial charge on any atom is -0.310 e. The molecule has 1 heteroatoms. The molecule has 18 heavy (non-hydrogen) atoms. The largest absolute Gasteiger partial charge is 0.310 e. The normalized spacial score (nSPS) is 23.4. The van der Waals surface area contributed by atoms with Crippen LogP contribution in [0.1, 0.15) is 64.1 Å². The Morgan fingerprint density at radius 1 is 1.33 bits per heavy atom. The third kappa shape index (κ3) is 2.77. The van der Waals surface area contributed by atoms with E-state index in [0.717, 1.165) is 12.5 Å². The second-order valence-electron chi connectivity index (χ2n) is 6.48. The van der Waals surface area contributed by atoms with Crippen LogP contribution in [0, 0.1) is 5.92 Å². The SMILES string of the molecule is CCC(C)CNC1CCC(C)(C)c2ccccc21. The van der Waals surface area contributed by atoms with Gasteiger partial charge in [-0.25, -0.2) is 0 Å². The lowest BCUT2D eigenvalue weighted by molar-refractivity contribution is 0.343. The molecule has 0 radical (unpaired) electrons. The molecule has 1 aliphatic carbocycles. The molecule has 0 amide bonds. The Balaban J connectivity index is 2.15. The molecule has 0 spiro atoms. The summed E-state index contributed by atoms with van der Waals surface area (Å²) in [5.41, 5.74) is 3.40. The highest BCUT2D eigenvalue weighted by Crippen LogP contribution is 2.41. The zero-order valence-corrected chi connectivity index (χ0v) is 12.3. The van der Waals surface area contributed by atoms with Crippen LogP contribution in [0.4, 0.5) is 0 Å². The van der Waals surface area contributed by atoms with Gasteiger partial charge in [-0.2, -0.15) is 0 Å². The summed E-state index contributed by atoms with van der Waals surface area (Å²) in [5, 5.41) is 3.77. The van der Waals surface area contributed by atoms with E-state index in [1.165, 1.54) is 30.4 Å². The van der Waals surface area contributed by atoms with Gasteiger partial charge < -0.3 is 5.32 Å². The van der Waals surface area contributed by atoms with Crippen LogP contribution in [-0.2, 0) is 5.41 Å². The molecule has 0 aliphatic heterocycles. The maximum absolute atomic E-state index is 3.77. The van der Waals surface area contributed by atoms with E-state index < -0.39 is 0 Å². The monoisotopic (exact) mass is 245 g/mol. The zero-order valence-electron chi connectivity index (χ0n) is 12.3. The van der Waals surface area contributed by atoms with Crippen LogP contribution in [0.3, 0.4) is 0 Å². The molecule has 2 atom stereocenters. The van der Waals surface area contributed by atoms with Crippen LogP contribution in [-0.4, -0.2) is 6.54 Å². The molecular formula is C17H27N. The Hall–Kier alpha value is -0.820. The number of fused-ring (bicyclic) bond motifs is 1. The number of hydrogen-bond donors (Lipinski definition) is 1. The van der Waals surface area contributed by atoms with Crippen molar-refractivity contribution in [3.05, 3.63) is 35.4 Å². The fraction of sp³-hybridized carbons (Fsp3) is 0.647. The molecule has 2 unspecified atom stereocenters. The molecule has 100 valence electrons. The Kier molecular flexibility index (Phi) is 4.11. The molecule has 0 saturated carbocycles. The van der Waals surface area contributed by atoms with Crippen molar-refractivity contribution in [1.82, 2.24) is 5.32 Å². The van der Waals surface area contributed by atoms with Crippen LogP contribution in [0.15, 0.2) is 24.3 Å². The van der Waals surface area contributed by atoms with Gasteiger partial charge in [-0.3, -0.25) is 0 Å². The van der Waals surface area contributed by atoms with Crippen molar-refractivity contribution in [3.8, 4) is 0 Å². The highest BCUT2D eigenvalue weighted by molar-refractivity contribution is 5.38. The van der Waals surface area contributed by atoms with Crippen molar-refractivity contribution < 1.29 is 0 Å². The Morgan fingerprint density at radius 2 is 2.06 bits per heavy atom. The maximum atomic E-state index is 3.77. The zero-order chi connectivity index (χ0) is 13.2. The molecule has 0 fully saturated rings. The van der Waals surface area contributed by atoms with E-state index in [1.807, 2.05) is 0 Å². The summed E-state index contributed by atoms with van der Waals surface area (Å²) in [6, 6.07) is 9.54. The van der Waals surface area contributed by atoms with Crippen LogP contribution in [0.25, 0.3) is 0 Å². The van der Waals surface area contributed by atoms with Gasteiger partial charge in [0.05, 0.1) is 0 Å². The molecule has 1 aliphatic rings. The van der Waals surface area contributed by atoms with Crippen molar-refractivity contribution in [2.45, 2.75) is 58.4 Å². The first-order valence-corrected chi connectivity index (χ1v) is 7.37. The lowest BCUT2D eigenvalue weighted by Crippen LogP contribution is -2.34. The number of nitrogens with one attached hydrogen (secondary N) is 1. The molecule has 1 aromatic rings. The van der Waals surface area contributed by atoms with Gasteiger partial charge in [0.15, 0.2) is 0 Å². The van der Waals surface area contributed by atoms with Crippen LogP contribution >= 0.6 is 0 Å². The topological polar surface area (TPSA) is 12.0 Å². The first kappa shape index (κ1) is 13.6. The third-order valence-corrected chi connectivity index (χ3v) is 4.53. The first-order valence-electron chi connectivity index (χ1n) is 7.37. The van der Waals surface area contributed by atoms with Crippen molar-refractivity contribution in [2.24, 2.45) is 5.92 Å². The summed E-state index contributed by atoms with van der Waals surface area (Å²) >= 11 is 0. The maximum Gasteiger partial charge on any atom is 0.0323 e. The molecule has 1 aromatic carbocycles. The molecule has 0 heterocycles. The van der Waals surface area contributed by atoms with Gasteiger partial charge in [0, 0.05) is 6.04 Å². The summed E-state index contributed by atoms with van der Waals surface area (Å²) in [6.45, 7) is 10.5. The van der Waals surface area contributed by atoms with Crippen molar-refractivity contribution in [3.63, 3.8) is 0 Å². The van der Waals surface area contributed by atoms with Gasteiger partial charge in [0.1, 0.15) is 0 Å². The second-order valence-corrected chi connectivity index (χ2v) is 6.48. The molecule has 0 aromatic heterocycles. The van der Waals surface area contributed by atoms with Crippen molar-refractivity contribution in [2.75, 3.05) is 6.54 Å². The van der Waals surface area contributed by atoms with E-state index in [0.29, 0.717) is 11.5 Å². The molecule has 1 N–H and O–H groups in total. The summed E-state index contributed by atoms with van der Waals surface area (Å²) in [6.07, 6.45) is 3.80. The van der Waals surface area contributed by atoms with E-state index in [9.17, 15) is 0 Å². The summed E-state index contributed by atoms with van der Waals surface area (Å²) in [5.74, 6) is 0.770. The van der Waals surface area contributed by atoms with Gasteiger partial charge in [-0.1, -0.05) is 58.4 Å². The van der Waals surface area contributed by atoms with Gasteiger partial charge >= 0.3 is 0 Å².